The number of amides is 1. The number of aliphatic carboxylic acids is 1. The summed E-state index contributed by atoms with van der Waals surface area (Å²) in [5, 5.41) is 11.2. The van der Waals surface area contributed by atoms with Gasteiger partial charge in [-0.15, -0.1) is 0 Å². The molecule has 1 aromatic heterocycles. The van der Waals surface area contributed by atoms with Crippen molar-refractivity contribution in [1.82, 2.24) is 19.6 Å². The summed E-state index contributed by atoms with van der Waals surface area (Å²) in [5.74, 6) is -0.250. The SMILES string of the molecule is CC(=O)O.COc1ccccc1-n1cc(C(=O)N2C[C@H]3[C@H](N(C)C)CS(=O)(=O)[C@H]3C2)cn1. The van der Waals surface area contributed by atoms with Crippen LogP contribution in [0, 0.1) is 5.92 Å². The summed E-state index contributed by atoms with van der Waals surface area (Å²) < 4.78 is 32.0. The zero-order chi connectivity index (χ0) is 23.6. The van der Waals surface area contributed by atoms with Gasteiger partial charge in [-0.25, -0.2) is 13.1 Å². The van der Waals surface area contributed by atoms with Crippen molar-refractivity contribution in [2.75, 3.05) is 40.0 Å². The minimum absolute atomic E-state index is 0.0480. The van der Waals surface area contributed by atoms with Crippen molar-refractivity contribution in [1.29, 1.82) is 0 Å². The highest BCUT2D eigenvalue weighted by Crippen LogP contribution is 2.36. The van der Waals surface area contributed by atoms with Crippen molar-refractivity contribution >= 4 is 21.7 Å². The van der Waals surface area contributed by atoms with Gasteiger partial charge in [-0.1, -0.05) is 12.1 Å². The number of rotatable bonds is 4. The van der Waals surface area contributed by atoms with Crippen molar-refractivity contribution < 1.29 is 27.9 Å². The highest BCUT2D eigenvalue weighted by molar-refractivity contribution is 7.92. The number of benzene rings is 1. The summed E-state index contributed by atoms with van der Waals surface area (Å²) in [6.07, 6.45) is 3.17. The Hall–Kier alpha value is -2.92. The molecule has 32 heavy (non-hydrogen) atoms. The molecule has 2 saturated heterocycles. The lowest BCUT2D eigenvalue weighted by atomic mass is 10.00. The fourth-order valence-corrected chi connectivity index (χ4v) is 6.77. The van der Waals surface area contributed by atoms with Gasteiger partial charge in [0.2, 0.25) is 0 Å². The van der Waals surface area contributed by atoms with Crippen LogP contribution in [-0.2, 0) is 14.6 Å². The number of carboxylic acid groups (broad SMARTS) is 1. The number of hydrogen-bond acceptors (Lipinski definition) is 7. The molecule has 11 heteroatoms. The molecule has 174 valence electrons. The largest absolute Gasteiger partial charge is 0.494 e. The van der Waals surface area contributed by atoms with Gasteiger partial charge in [0.25, 0.3) is 11.9 Å². The van der Waals surface area contributed by atoms with E-state index in [4.69, 9.17) is 14.6 Å². The van der Waals surface area contributed by atoms with Crippen molar-refractivity contribution in [2.45, 2.75) is 18.2 Å². The van der Waals surface area contributed by atoms with Gasteiger partial charge in [0.15, 0.2) is 9.84 Å². The fourth-order valence-electron chi connectivity index (χ4n) is 4.30. The summed E-state index contributed by atoms with van der Waals surface area (Å²) in [5.41, 5.74) is 1.17. The molecule has 0 radical (unpaired) electrons. The first kappa shape index (κ1) is 23.7. The molecule has 0 saturated carbocycles. The molecule has 10 nitrogen and oxygen atoms in total. The zero-order valence-corrected chi connectivity index (χ0v) is 19.3. The molecule has 1 aromatic carbocycles. The predicted molar refractivity (Wildman–Crippen MR) is 118 cm³/mol. The lowest BCUT2D eigenvalue weighted by molar-refractivity contribution is -0.134. The topological polar surface area (TPSA) is 122 Å². The van der Waals surface area contributed by atoms with E-state index in [1.807, 2.05) is 43.3 Å². The third kappa shape index (κ3) is 4.78. The van der Waals surface area contributed by atoms with E-state index < -0.39 is 21.1 Å². The van der Waals surface area contributed by atoms with Gasteiger partial charge in [0.05, 0.1) is 29.9 Å². The average molecular weight is 465 g/mol. The predicted octanol–water partition coefficient (Wildman–Crippen LogP) is 0.771. The maximum atomic E-state index is 13.0. The van der Waals surface area contributed by atoms with Crippen molar-refractivity contribution in [3.63, 3.8) is 0 Å². The van der Waals surface area contributed by atoms with Crippen molar-refractivity contribution in [2.24, 2.45) is 5.92 Å². The number of carbonyl (C=O) groups is 2. The number of carboxylic acids is 1. The molecule has 4 rings (SSSR count). The van der Waals surface area contributed by atoms with Crippen LogP contribution < -0.4 is 4.74 Å². The highest BCUT2D eigenvalue weighted by atomic mass is 32.2. The molecule has 0 bridgehead atoms. The van der Waals surface area contributed by atoms with Gasteiger partial charge in [-0.05, 0) is 26.2 Å². The molecule has 2 aliphatic rings. The molecule has 2 aliphatic heterocycles. The molecule has 0 spiro atoms. The summed E-state index contributed by atoms with van der Waals surface area (Å²) in [6.45, 7) is 1.78. The Morgan fingerprint density at radius 2 is 1.88 bits per heavy atom. The second-order valence-electron chi connectivity index (χ2n) is 8.14. The van der Waals surface area contributed by atoms with Crippen LogP contribution in [-0.4, -0.2) is 96.3 Å². The summed E-state index contributed by atoms with van der Waals surface area (Å²) in [4.78, 5) is 25.6. The van der Waals surface area contributed by atoms with Crippen LogP contribution in [0.1, 0.15) is 17.3 Å². The van der Waals surface area contributed by atoms with Gasteiger partial charge < -0.3 is 19.6 Å². The van der Waals surface area contributed by atoms with Crippen LogP contribution in [0.3, 0.4) is 0 Å². The minimum Gasteiger partial charge on any atom is -0.494 e. The monoisotopic (exact) mass is 464 g/mol. The summed E-state index contributed by atoms with van der Waals surface area (Å²) >= 11 is 0. The second kappa shape index (κ2) is 9.29. The Morgan fingerprint density at radius 3 is 2.50 bits per heavy atom. The van der Waals surface area contributed by atoms with Gasteiger partial charge >= 0.3 is 0 Å². The molecular weight excluding hydrogens is 436 g/mol. The Balaban J connectivity index is 0.000000668. The average Bonchev–Trinajstić information content (AvgIpc) is 3.43. The Labute approximate surface area is 187 Å². The van der Waals surface area contributed by atoms with Crippen LogP contribution in [0.4, 0.5) is 0 Å². The number of likely N-dealkylation sites (tertiary alicyclic amines) is 1. The summed E-state index contributed by atoms with van der Waals surface area (Å²) in [7, 11) is 2.18. The van der Waals surface area contributed by atoms with E-state index >= 15 is 0 Å². The van der Waals surface area contributed by atoms with E-state index in [0.29, 0.717) is 17.9 Å². The molecular formula is C21H28N4O6S. The molecule has 1 N–H and O–H groups in total. The Bertz CT molecular complexity index is 1090. The number of carbonyl (C=O) groups excluding carboxylic acids is 1. The first-order valence-corrected chi connectivity index (χ1v) is 11.8. The number of hydrogen-bond donors (Lipinski definition) is 1. The normalized spacial score (nSPS) is 23.4. The van der Waals surface area contributed by atoms with Gasteiger partial charge in [0.1, 0.15) is 11.4 Å². The zero-order valence-electron chi connectivity index (χ0n) is 18.5. The number of methoxy groups -OCH3 is 1. The lowest BCUT2D eigenvalue weighted by Crippen LogP contribution is -2.38. The van der Waals surface area contributed by atoms with E-state index in [2.05, 4.69) is 5.10 Å². The third-order valence-electron chi connectivity index (χ3n) is 5.78. The lowest BCUT2D eigenvalue weighted by Gasteiger charge is -2.24. The van der Waals surface area contributed by atoms with Crippen molar-refractivity contribution in [3.8, 4) is 11.4 Å². The second-order valence-corrected chi connectivity index (χ2v) is 10.4. The van der Waals surface area contributed by atoms with Crippen LogP contribution in [0.15, 0.2) is 36.7 Å². The van der Waals surface area contributed by atoms with Crippen LogP contribution in [0.25, 0.3) is 5.69 Å². The Morgan fingerprint density at radius 1 is 1.22 bits per heavy atom. The number of fused-ring (bicyclic) bond motifs is 1. The quantitative estimate of drug-likeness (QED) is 0.704. The molecule has 3 heterocycles. The van der Waals surface area contributed by atoms with Crippen molar-refractivity contribution in [3.05, 3.63) is 42.2 Å². The van der Waals surface area contributed by atoms with Crippen LogP contribution in [0.5, 0.6) is 5.75 Å². The Kier molecular flexibility index (Phi) is 6.89. The molecule has 2 aromatic rings. The van der Waals surface area contributed by atoms with E-state index in [1.54, 1.807) is 22.9 Å². The number of sulfone groups is 1. The molecule has 3 atom stereocenters. The van der Waals surface area contributed by atoms with Crippen LogP contribution >= 0.6 is 0 Å². The van der Waals surface area contributed by atoms with E-state index in [9.17, 15) is 13.2 Å². The minimum atomic E-state index is -3.19. The van der Waals surface area contributed by atoms with E-state index in [-0.39, 0.29) is 30.2 Å². The molecule has 0 aliphatic carbocycles. The van der Waals surface area contributed by atoms with E-state index in [1.165, 1.54) is 6.20 Å². The van der Waals surface area contributed by atoms with Gasteiger partial charge in [-0.3, -0.25) is 9.59 Å². The summed E-state index contributed by atoms with van der Waals surface area (Å²) in [6, 6.07) is 7.36. The fraction of sp³-hybridized carbons (Fsp3) is 0.476. The first-order chi connectivity index (χ1) is 15.0. The number of para-hydroxylation sites is 2. The van der Waals surface area contributed by atoms with Gasteiger partial charge in [0, 0.05) is 38.2 Å². The smallest absolute Gasteiger partial charge is 0.300 e. The van der Waals surface area contributed by atoms with Gasteiger partial charge in [-0.2, -0.15) is 5.10 Å². The molecule has 1 amide bonds. The van der Waals surface area contributed by atoms with Crippen LogP contribution in [0.2, 0.25) is 0 Å². The standard InChI is InChI=1S/C19H24N4O4S.C2H4O2/c1-21(2)16-12-28(25,26)18-11-22(10-14(16)18)19(24)13-8-20-23(9-13)15-6-4-5-7-17(15)27-3;1-2(3)4/h4-9,14,16,18H,10-12H2,1-3H3;1H3,(H,3,4)/t14-,16+,18-;/m0./s1. The number of aromatic nitrogens is 2. The highest BCUT2D eigenvalue weighted by Gasteiger charge is 2.53. The molecule has 2 fully saturated rings. The molecule has 0 unspecified atom stereocenters. The third-order valence-corrected chi connectivity index (χ3v) is 8.01. The number of ether oxygens (including phenoxy) is 1. The maximum Gasteiger partial charge on any atom is 0.300 e. The van der Waals surface area contributed by atoms with E-state index in [0.717, 1.165) is 12.6 Å². The first-order valence-electron chi connectivity index (χ1n) is 10.1. The number of nitrogens with zero attached hydrogens (tertiary/aromatic N) is 4. The maximum absolute atomic E-state index is 13.0.